The highest BCUT2D eigenvalue weighted by Crippen LogP contribution is 2.41. The molecular formula is C16H20N2OS. The maximum absolute atomic E-state index is 5.40. The third kappa shape index (κ3) is 3.19. The van der Waals surface area contributed by atoms with Crippen LogP contribution in [0.5, 0.6) is 5.75 Å². The van der Waals surface area contributed by atoms with Crippen molar-refractivity contribution in [3.05, 3.63) is 45.9 Å². The monoisotopic (exact) mass is 288 g/mol. The fourth-order valence-corrected chi connectivity index (χ4v) is 3.35. The molecular weight excluding hydrogens is 268 g/mol. The van der Waals surface area contributed by atoms with Crippen molar-refractivity contribution in [3.63, 3.8) is 0 Å². The highest BCUT2D eigenvalue weighted by molar-refractivity contribution is 7.09. The van der Waals surface area contributed by atoms with Crippen LogP contribution in [0.1, 0.15) is 35.0 Å². The second-order valence-electron chi connectivity index (χ2n) is 5.44. The van der Waals surface area contributed by atoms with Gasteiger partial charge in [-0.15, -0.1) is 11.3 Å². The van der Waals surface area contributed by atoms with Crippen LogP contribution in [0.3, 0.4) is 0 Å². The summed E-state index contributed by atoms with van der Waals surface area (Å²) in [6.07, 6.45) is 2.65. The van der Waals surface area contributed by atoms with Gasteiger partial charge in [-0.25, -0.2) is 4.98 Å². The van der Waals surface area contributed by atoms with Gasteiger partial charge in [-0.1, -0.05) is 18.2 Å². The number of hydrogen-bond donors (Lipinski definition) is 0. The maximum Gasteiger partial charge on any atom is 0.123 e. The first-order chi connectivity index (χ1) is 9.76. The van der Waals surface area contributed by atoms with Gasteiger partial charge in [-0.3, -0.25) is 4.90 Å². The molecule has 2 aromatic rings. The van der Waals surface area contributed by atoms with E-state index in [9.17, 15) is 0 Å². The second kappa shape index (κ2) is 5.94. The number of para-hydroxylation sites is 1. The van der Waals surface area contributed by atoms with E-state index >= 15 is 0 Å². The Hall–Kier alpha value is -1.39. The summed E-state index contributed by atoms with van der Waals surface area (Å²) >= 11 is 1.81. The molecule has 106 valence electrons. The molecule has 0 atom stereocenters. The van der Waals surface area contributed by atoms with E-state index in [0.717, 1.165) is 24.8 Å². The lowest BCUT2D eigenvalue weighted by atomic mass is 10.2. The molecule has 20 heavy (non-hydrogen) atoms. The molecule has 0 spiro atoms. The van der Waals surface area contributed by atoms with Crippen molar-refractivity contribution in [1.29, 1.82) is 0 Å². The average Bonchev–Trinajstić information content (AvgIpc) is 3.20. The predicted octanol–water partition coefficient (Wildman–Crippen LogP) is 3.66. The van der Waals surface area contributed by atoms with Crippen LogP contribution in [-0.4, -0.2) is 24.0 Å². The molecule has 0 aliphatic heterocycles. The van der Waals surface area contributed by atoms with Gasteiger partial charge >= 0.3 is 0 Å². The molecule has 1 aliphatic carbocycles. The lowest BCUT2D eigenvalue weighted by molar-refractivity contribution is 0.307. The van der Waals surface area contributed by atoms with Gasteiger partial charge in [0.15, 0.2) is 0 Å². The van der Waals surface area contributed by atoms with Crippen molar-refractivity contribution in [3.8, 4) is 5.75 Å². The van der Waals surface area contributed by atoms with Gasteiger partial charge in [0.2, 0.25) is 0 Å². The van der Waals surface area contributed by atoms with Crippen molar-refractivity contribution in [2.45, 2.75) is 31.8 Å². The third-order valence-electron chi connectivity index (χ3n) is 3.56. The Bertz CT molecular complexity index is 577. The van der Waals surface area contributed by atoms with Gasteiger partial charge < -0.3 is 4.74 Å². The Morgan fingerprint density at radius 1 is 1.30 bits per heavy atom. The van der Waals surface area contributed by atoms with Crippen LogP contribution in [0.15, 0.2) is 29.6 Å². The zero-order chi connectivity index (χ0) is 13.9. The molecule has 3 nitrogen and oxygen atoms in total. The van der Waals surface area contributed by atoms with Crippen molar-refractivity contribution in [1.82, 2.24) is 9.88 Å². The SMILES string of the molecule is COc1ccccc1CN(C)Cc1csc(C2CC2)n1. The molecule has 0 radical (unpaired) electrons. The van der Waals surface area contributed by atoms with Gasteiger partial charge in [-0.2, -0.15) is 0 Å². The first-order valence-corrected chi connectivity index (χ1v) is 7.89. The fourth-order valence-electron chi connectivity index (χ4n) is 2.37. The topological polar surface area (TPSA) is 25.4 Å². The summed E-state index contributed by atoms with van der Waals surface area (Å²) < 4.78 is 5.40. The molecule has 3 rings (SSSR count). The predicted molar refractivity (Wildman–Crippen MR) is 82.3 cm³/mol. The first-order valence-electron chi connectivity index (χ1n) is 7.01. The summed E-state index contributed by atoms with van der Waals surface area (Å²) in [5.41, 5.74) is 2.41. The maximum atomic E-state index is 5.40. The minimum Gasteiger partial charge on any atom is -0.496 e. The molecule has 1 fully saturated rings. The minimum atomic E-state index is 0.758. The molecule has 4 heteroatoms. The van der Waals surface area contributed by atoms with E-state index in [2.05, 4.69) is 29.5 Å². The van der Waals surface area contributed by atoms with Crippen molar-refractivity contribution in [2.24, 2.45) is 0 Å². The zero-order valence-electron chi connectivity index (χ0n) is 12.0. The summed E-state index contributed by atoms with van der Waals surface area (Å²) in [7, 11) is 3.85. The number of hydrogen-bond acceptors (Lipinski definition) is 4. The molecule has 1 heterocycles. The highest BCUT2D eigenvalue weighted by Gasteiger charge is 2.26. The van der Waals surface area contributed by atoms with E-state index in [4.69, 9.17) is 9.72 Å². The van der Waals surface area contributed by atoms with Gasteiger partial charge in [0, 0.05) is 30.0 Å². The lowest BCUT2D eigenvalue weighted by Crippen LogP contribution is -2.17. The first kappa shape index (κ1) is 13.6. The van der Waals surface area contributed by atoms with E-state index < -0.39 is 0 Å². The number of benzene rings is 1. The molecule has 0 bridgehead atoms. The largest absolute Gasteiger partial charge is 0.496 e. The zero-order valence-corrected chi connectivity index (χ0v) is 12.8. The van der Waals surface area contributed by atoms with Crippen LogP contribution in [0.25, 0.3) is 0 Å². The number of aromatic nitrogens is 1. The van der Waals surface area contributed by atoms with E-state index in [-0.39, 0.29) is 0 Å². The van der Waals surface area contributed by atoms with E-state index in [1.54, 1.807) is 7.11 Å². The molecule has 1 aromatic carbocycles. The summed E-state index contributed by atoms with van der Waals surface area (Å²) in [5, 5.41) is 3.53. The number of thiazole rings is 1. The van der Waals surface area contributed by atoms with Crippen LogP contribution in [0.4, 0.5) is 0 Å². The van der Waals surface area contributed by atoms with E-state index in [1.165, 1.54) is 29.1 Å². The molecule has 1 aromatic heterocycles. The number of ether oxygens (including phenoxy) is 1. The summed E-state index contributed by atoms with van der Waals surface area (Å²) in [6.45, 7) is 1.77. The van der Waals surface area contributed by atoms with Crippen LogP contribution in [-0.2, 0) is 13.1 Å². The molecule has 0 N–H and O–H groups in total. The minimum absolute atomic E-state index is 0.758. The van der Waals surface area contributed by atoms with Crippen molar-refractivity contribution >= 4 is 11.3 Å². The third-order valence-corrected chi connectivity index (χ3v) is 4.62. The summed E-state index contributed by atoms with van der Waals surface area (Å²) in [6, 6.07) is 8.19. The molecule has 1 aliphatic rings. The van der Waals surface area contributed by atoms with Crippen LogP contribution >= 0.6 is 11.3 Å². The van der Waals surface area contributed by atoms with E-state index in [1.807, 2.05) is 23.5 Å². The molecule has 0 unspecified atom stereocenters. The van der Waals surface area contributed by atoms with Gasteiger partial charge in [-0.05, 0) is 26.0 Å². The Kier molecular flexibility index (Phi) is 4.03. The highest BCUT2D eigenvalue weighted by atomic mass is 32.1. The van der Waals surface area contributed by atoms with Crippen molar-refractivity contribution in [2.75, 3.05) is 14.2 Å². The smallest absolute Gasteiger partial charge is 0.123 e. The Morgan fingerprint density at radius 3 is 2.85 bits per heavy atom. The normalized spacial score (nSPS) is 14.8. The van der Waals surface area contributed by atoms with Crippen molar-refractivity contribution < 1.29 is 4.74 Å². The second-order valence-corrected chi connectivity index (χ2v) is 6.33. The van der Waals surface area contributed by atoms with Crippen LogP contribution in [0, 0.1) is 0 Å². The average molecular weight is 288 g/mol. The van der Waals surface area contributed by atoms with E-state index in [0.29, 0.717) is 0 Å². The number of nitrogens with zero attached hydrogens (tertiary/aromatic N) is 2. The molecule has 0 amide bonds. The summed E-state index contributed by atoms with van der Waals surface area (Å²) in [5.74, 6) is 1.71. The number of rotatable bonds is 6. The molecule has 1 saturated carbocycles. The fraction of sp³-hybridized carbons (Fsp3) is 0.438. The van der Waals surface area contributed by atoms with Gasteiger partial charge in [0.1, 0.15) is 5.75 Å². The number of methoxy groups -OCH3 is 1. The Morgan fingerprint density at radius 2 is 2.10 bits per heavy atom. The summed E-state index contributed by atoms with van der Waals surface area (Å²) in [4.78, 5) is 7.02. The standard InChI is InChI=1S/C16H20N2OS/c1-18(9-13-5-3-4-6-15(13)19-2)10-14-11-20-16(17-14)12-7-8-12/h3-6,11-12H,7-10H2,1-2H3. The Labute approximate surface area is 124 Å². The quantitative estimate of drug-likeness (QED) is 0.811. The lowest BCUT2D eigenvalue weighted by Gasteiger charge is -2.17. The van der Waals surface area contributed by atoms with Gasteiger partial charge in [0.25, 0.3) is 0 Å². The van der Waals surface area contributed by atoms with Crippen LogP contribution < -0.4 is 4.74 Å². The molecule has 0 saturated heterocycles. The Balaban J connectivity index is 1.62. The van der Waals surface area contributed by atoms with Gasteiger partial charge in [0.05, 0.1) is 17.8 Å². The van der Waals surface area contributed by atoms with Crippen LogP contribution in [0.2, 0.25) is 0 Å².